The third kappa shape index (κ3) is 6.92. The number of carbonyl (C=O) groups excluding carboxylic acids is 2. The van der Waals surface area contributed by atoms with Crippen molar-refractivity contribution in [3.8, 4) is 5.75 Å². The lowest BCUT2D eigenvalue weighted by Gasteiger charge is -2.19. The Balaban J connectivity index is 1.80. The number of carbonyl (C=O) groups is 2. The molecule has 2 rings (SSSR count). The SMILES string of the molecule is COc1cccc(NC(=O)CN(C)CC(=O)N[C@@H](C)c2cccc(Cl)c2)c1. The molecule has 0 aliphatic rings. The van der Waals surface area contributed by atoms with Gasteiger partial charge in [0.1, 0.15) is 5.75 Å². The van der Waals surface area contributed by atoms with Crippen LogP contribution in [0.25, 0.3) is 0 Å². The van der Waals surface area contributed by atoms with Gasteiger partial charge >= 0.3 is 0 Å². The van der Waals surface area contributed by atoms with E-state index in [1.54, 1.807) is 49.4 Å². The van der Waals surface area contributed by atoms with Crippen LogP contribution >= 0.6 is 11.6 Å². The monoisotopic (exact) mass is 389 g/mol. The number of methoxy groups -OCH3 is 1. The quantitative estimate of drug-likeness (QED) is 0.727. The van der Waals surface area contributed by atoms with Crippen molar-refractivity contribution in [1.82, 2.24) is 10.2 Å². The van der Waals surface area contributed by atoms with Crippen LogP contribution in [0.2, 0.25) is 5.02 Å². The number of amides is 2. The number of nitrogens with zero attached hydrogens (tertiary/aromatic N) is 1. The van der Waals surface area contributed by atoms with Crippen molar-refractivity contribution in [2.45, 2.75) is 13.0 Å². The van der Waals surface area contributed by atoms with Gasteiger partial charge in [0.05, 0.1) is 26.2 Å². The maximum absolute atomic E-state index is 12.2. The van der Waals surface area contributed by atoms with E-state index in [-0.39, 0.29) is 30.9 Å². The standard InChI is InChI=1S/C20H24ClN3O3/c1-14(15-6-4-7-16(21)10-15)22-19(25)12-24(2)13-20(26)23-17-8-5-9-18(11-17)27-3/h4-11,14H,12-13H2,1-3H3,(H,22,25)(H,23,26)/t14-/m0/s1. The van der Waals surface area contributed by atoms with Crippen LogP contribution in [0, 0.1) is 0 Å². The van der Waals surface area contributed by atoms with Crippen LogP contribution < -0.4 is 15.4 Å². The minimum atomic E-state index is -0.207. The number of hydrogen-bond acceptors (Lipinski definition) is 4. The Hall–Kier alpha value is -2.57. The molecule has 1 atom stereocenters. The molecule has 2 aromatic rings. The molecule has 7 heteroatoms. The van der Waals surface area contributed by atoms with Gasteiger partial charge in [-0.1, -0.05) is 29.8 Å². The summed E-state index contributed by atoms with van der Waals surface area (Å²) in [6.45, 7) is 2.09. The first-order valence-electron chi connectivity index (χ1n) is 8.54. The molecule has 0 saturated heterocycles. The molecule has 0 heterocycles. The Morgan fingerprint density at radius 3 is 2.52 bits per heavy atom. The van der Waals surface area contributed by atoms with E-state index >= 15 is 0 Å². The van der Waals surface area contributed by atoms with E-state index in [9.17, 15) is 9.59 Å². The Kier molecular flexibility index (Phi) is 7.64. The summed E-state index contributed by atoms with van der Waals surface area (Å²) in [5, 5.41) is 6.32. The highest BCUT2D eigenvalue weighted by molar-refractivity contribution is 6.30. The molecule has 6 nitrogen and oxygen atoms in total. The zero-order valence-electron chi connectivity index (χ0n) is 15.7. The molecule has 27 heavy (non-hydrogen) atoms. The molecular formula is C20H24ClN3O3. The fourth-order valence-electron chi connectivity index (χ4n) is 2.59. The number of rotatable bonds is 8. The van der Waals surface area contributed by atoms with Gasteiger partial charge in [-0.25, -0.2) is 0 Å². The number of anilines is 1. The highest BCUT2D eigenvalue weighted by Gasteiger charge is 2.14. The third-order valence-corrected chi connectivity index (χ3v) is 4.14. The second-order valence-corrected chi connectivity index (χ2v) is 6.73. The molecule has 0 saturated carbocycles. The van der Waals surface area contributed by atoms with Crippen LogP contribution in [0.3, 0.4) is 0 Å². The van der Waals surface area contributed by atoms with E-state index in [4.69, 9.17) is 16.3 Å². The highest BCUT2D eigenvalue weighted by atomic mass is 35.5. The third-order valence-electron chi connectivity index (χ3n) is 3.91. The zero-order valence-corrected chi connectivity index (χ0v) is 16.4. The first-order chi connectivity index (χ1) is 12.9. The normalized spacial score (nSPS) is 11.7. The average molecular weight is 390 g/mol. The Bertz CT molecular complexity index is 798. The molecule has 2 N–H and O–H groups in total. The summed E-state index contributed by atoms with van der Waals surface area (Å²) < 4.78 is 5.13. The van der Waals surface area contributed by atoms with Crippen molar-refractivity contribution in [2.75, 3.05) is 32.6 Å². The van der Waals surface area contributed by atoms with Crippen molar-refractivity contribution in [1.29, 1.82) is 0 Å². The fourth-order valence-corrected chi connectivity index (χ4v) is 2.79. The lowest BCUT2D eigenvalue weighted by molar-refractivity contribution is -0.123. The van der Waals surface area contributed by atoms with Gasteiger partial charge in [0.25, 0.3) is 0 Å². The van der Waals surface area contributed by atoms with E-state index < -0.39 is 0 Å². The molecule has 0 radical (unpaired) electrons. The summed E-state index contributed by atoms with van der Waals surface area (Å²) in [6, 6.07) is 14.3. The second-order valence-electron chi connectivity index (χ2n) is 6.30. The molecule has 0 bridgehead atoms. The maximum Gasteiger partial charge on any atom is 0.238 e. The van der Waals surface area contributed by atoms with Gasteiger partial charge in [-0.3, -0.25) is 14.5 Å². The number of ether oxygens (including phenoxy) is 1. The van der Waals surface area contributed by atoms with E-state index in [0.717, 1.165) is 5.56 Å². The molecule has 0 fully saturated rings. The summed E-state index contributed by atoms with van der Waals surface area (Å²) in [5.41, 5.74) is 1.57. The predicted octanol–water partition coefficient (Wildman–Crippen LogP) is 3.10. The van der Waals surface area contributed by atoms with Crippen LogP contribution in [0.4, 0.5) is 5.69 Å². The van der Waals surface area contributed by atoms with Crippen LogP contribution in [0.5, 0.6) is 5.75 Å². The minimum Gasteiger partial charge on any atom is -0.497 e. The molecule has 0 aromatic heterocycles. The molecule has 144 valence electrons. The first-order valence-corrected chi connectivity index (χ1v) is 8.92. The smallest absolute Gasteiger partial charge is 0.238 e. The van der Waals surface area contributed by atoms with Gasteiger partial charge in [-0.05, 0) is 43.8 Å². The number of likely N-dealkylation sites (N-methyl/N-ethyl adjacent to an activating group) is 1. The van der Waals surface area contributed by atoms with Crippen LogP contribution in [-0.4, -0.2) is 44.0 Å². The topological polar surface area (TPSA) is 70.7 Å². The van der Waals surface area contributed by atoms with E-state index in [2.05, 4.69) is 10.6 Å². The summed E-state index contributed by atoms with van der Waals surface area (Å²) in [4.78, 5) is 26.0. The second kappa shape index (κ2) is 9.94. The van der Waals surface area contributed by atoms with E-state index in [1.165, 1.54) is 0 Å². The summed E-state index contributed by atoms with van der Waals surface area (Å²) in [7, 11) is 3.28. The van der Waals surface area contributed by atoms with Gasteiger partial charge < -0.3 is 15.4 Å². The lowest BCUT2D eigenvalue weighted by atomic mass is 10.1. The summed E-state index contributed by atoms with van der Waals surface area (Å²) >= 11 is 5.98. The molecule has 0 spiro atoms. The summed E-state index contributed by atoms with van der Waals surface area (Å²) in [5.74, 6) is 0.288. The van der Waals surface area contributed by atoms with Crippen molar-refractivity contribution in [3.05, 3.63) is 59.1 Å². The first kappa shape index (κ1) is 20.7. The van der Waals surface area contributed by atoms with Crippen molar-refractivity contribution in [3.63, 3.8) is 0 Å². The minimum absolute atomic E-state index is 0.0934. The van der Waals surface area contributed by atoms with Crippen LogP contribution in [0.15, 0.2) is 48.5 Å². The fraction of sp³-hybridized carbons (Fsp3) is 0.300. The van der Waals surface area contributed by atoms with E-state index in [0.29, 0.717) is 16.5 Å². The van der Waals surface area contributed by atoms with Gasteiger partial charge in [-0.15, -0.1) is 0 Å². The number of halogens is 1. The maximum atomic E-state index is 12.2. The Morgan fingerprint density at radius 1 is 1.11 bits per heavy atom. The largest absolute Gasteiger partial charge is 0.497 e. The van der Waals surface area contributed by atoms with Gasteiger partial charge in [0.15, 0.2) is 0 Å². The lowest BCUT2D eigenvalue weighted by Crippen LogP contribution is -2.39. The van der Waals surface area contributed by atoms with Crippen LogP contribution in [-0.2, 0) is 9.59 Å². The molecule has 2 amide bonds. The van der Waals surface area contributed by atoms with Crippen molar-refractivity contribution in [2.24, 2.45) is 0 Å². The highest BCUT2D eigenvalue weighted by Crippen LogP contribution is 2.18. The van der Waals surface area contributed by atoms with Gasteiger partial charge in [0.2, 0.25) is 11.8 Å². The molecule has 0 aliphatic heterocycles. The molecular weight excluding hydrogens is 366 g/mol. The van der Waals surface area contributed by atoms with Gasteiger partial charge in [0, 0.05) is 16.8 Å². The van der Waals surface area contributed by atoms with E-state index in [1.807, 2.05) is 25.1 Å². The van der Waals surface area contributed by atoms with Crippen molar-refractivity contribution >= 4 is 29.1 Å². The zero-order chi connectivity index (χ0) is 19.8. The predicted molar refractivity (Wildman–Crippen MR) is 107 cm³/mol. The van der Waals surface area contributed by atoms with Crippen LogP contribution in [0.1, 0.15) is 18.5 Å². The molecule has 0 aliphatic carbocycles. The van der Waals surface area contributed by atoms with Crippen molar-refractivity contribution < 1.29 is 14.3 Å². The molecule has 0 unspecified atom stereocenters. The van der Waals surface area contributed by atoms with Gasteiger partial charge in [-0.2, -0.15) is 0 Å². The Labute approximate surface area is 164 Å². The Morgan fingerprint density at radius 2 is 1.81 bits per heavy atom. The number of benzene rings is 2. The average Bonchev–Trinajstić information content (AvgIpc) is 2.61. The molecule has 2 aromatic carbocycles. The number of hydrogen-bond donors (Lipinski definition) is 2. The summed E-state index contributed by atoms with van der Waals surface area (Å²) in [6.07, 6.45) is 0. The number of nitrogens with one attached hydrogen (secondary N) is 2.